The third kappa shape index (κ3) is 1.71. The molecule has 1 rings (SSSR count). The first-order valence-electron chi connectivity index (χ1n) is 3.16. The van der Waals surface area contributed by atoms with Crippen LogP contribution in [-0.4, -0.2) is 29.1 Å². The first kappa shape index (κ1) is 6.60. The fraction of sp³-hybridized carbons (Fsp3) is 0.800. The van der Waals surface area contributed by atoms with Gasteiger partial charge in [-0.1, -0.05) is 6.04 Å². The van der Waals surface area contributed by atoms with Gasteiger partial charge in [0.1, 0.15) is 12.7 Å². The van der Waals surface area contributed by atoms with Crippen LogP contribution in [0.2, 0.25) is 6.04 Å². The van der Waals surface area contributed by atoms with E-state index in [-0.39, 0.29) is 6.10 Å². The summed E-state index contributed by atoms with van der Waals surface area (Å²) in [5.74, 6) is 0. The Bertz CT molecular complexity index is 115. The molecule has 0 aliphatic carbocycles. The van der Waals surface area contributed by atoms with Crippen LogP contribution in [0.15, 0.2) is 0 Å². The van der Waals surface area contributed by atoms with Gasteiger partial charge in [0.25, 0.3) is 0 Å². The van der Waals surface area contributed by atoms with Gasteiger partial charge >= 0.3 is 6.16 Å². The minimum absolute atomic E-state index is 0.0509. The second-order valence-corrected chi connectivity index (χ2v) is 3.09. The molecule has 1 aliphatic rings. The molecule has 0 N–H and O–H groups in total. The lowest BCUT2D eigenvalue weighted by Crippen LogP contribution is -2.08. The van der Waals surface area contributed by atoms with Crippen LogP contribution in [0.1, 0.15) is 6.42 Å². The van der Waals surface area contributed by atoms with Crippen LogP contribution in [0.3, 0.4) is 0 Å². The van der Waals surface area contributed by atoms with Gasteiger partial charge in [0.2, 0.25) is 0 Å². The standard InChI is InChI=1S/C5H10O3Si/c6-5-7-3-4(8-5)1-2-9/h4H,1-3H2,9H3. The molecule has 1 saturated heterocycles. The molecule has 0 aromatic rings. The van der Waals surface area contributed by atoms with E-state index in [1.165, 1.54) is 16.3 Å². The average Bonchev–Trinajstić information content (AvgIpc) is 2.17. The van der Waals surface area contributed by atoms with Crippen LogP contribution >= 0.6 is 0 Å². The summed E-state index contributed by atoms with van der Waals surface area (Å²) in [5, 5.41) is 0. The monoisotopic (exact) mass is 146 g/mol. The number of carbonyl (C=O) groups excluding carboxylic acids is 1. The quantitative estimate of drug-likeness (QED) is 0.396. The zero-order valence-corrected chi connectivity index (χ0v) is 7.42. The second-order valence-electron chi connectivity index (χ2n) is 2.09. The Morgan fingerprint density at radius 1 is 1.78 bits per heavy atom. The summed E-state index contributed by atoms with van der Waals surface area (Å²) < 4.78 is 9.34. The maximum Gasteiger partial charge on any atom is 0.508 e. The lowest BCUT2D eigenvalue weighted by Gasteiger charge is -2.00. The Hall–Kier alpha value is -0.513. The van der Waals surface area contributed by atoms with Gasteiger partial charge in [-0.15, -0.1) is 0 Å². The number of hydrogen-bond donors (Lipinski definition) is 0. The first-order valence-corrected chi connectivity index (χ1v) is 4.57. The molecule has 0 aromatic carbocycles. The summed E-state index contributed by atoms with van der Waals surface area (Å²) in [7, 11) is 1.17. The maximum atomic E-state index is 10.3. The normalized spacial score (nSPS) is 25.8. The van der Waals surface area contributed by atoms with Crippen LogP contribution in [0.25, 0.3) is 0 Å². The molecular weight excluding hydrogens is 136 g/mol. The Kier molecular flexibility index (Phi) is 2.10. The van der Waals surface area contributed by atoms with Crippen molar-refractivity contribution >= 4 is 16.4 Å². The molecule has 0 amide bonds. The highest BCUT2D eigenvalue weighted by atomic mass is 28.1. The van der Waals surface area contributed by atoms with E-state index in [1.807, 2.05) is 0 Å². The van der Waals surface area contributed by atoms with Gasteiger partial charge < -0.3 is 9.47 Å². The van der Waals surface area contributed by atoms with E-state index < -0.39 is 6.16 Å². The smallest absolute Gasteiger partial charge is 0.430 e. The van der Waals surface area contributed by atoms with Gasteiger partial charge in [-0.05, 0) is 6.42 Å². The molecule has 9 heavy (non-hydrogen) atoms. The summed E-state index contributed by atoms with van der Waals surface area (Å²) in [6.45, 7) is 0.459. The highest BCUT2D eigenvalue weighted by molar-refractivity contribution is 6.08. The Labute approximate surface area is 56.8 Å². The second kappa shape index (κ2) is 2.86. The highest BCUT2D eigenvalue weighted by Gasteiger charge is 2.23. The van der Waals surface area contributed by atoms with Crippen LogP contribution in [0, 0.1) is 0 Å². The number of cyclic esters (lactones) is 2. The molecule has 52 valence electrons. The fourth-order valence-corrected chi connectivity index (χ4v) is 1.47. The van der Waals surface area contributed by atoms with Crippen LogP contribution < -0.4 is 0 Å². The van der Waals surface area contributed by atoms with Crippen molar-refractivity contribution in [1.29, 1.82) is 0 Å². The van der Waals surface area contributed by atoms with Crippen molar-refractivity contribution in [3.63, 3.8) is 0 Å². The molecule has 0 radical (unpaired) electrons. The molecule has 1 atom stereocenters. The average molecular weight is 146 g/mol. The van der Waals surface area contributed by atoms with Crippen LogP contribution in [0.4, 0.5) is 4.79 Å². The van der Waals surface area contributed by atoms with E-state index >= 15 is 0 Å². The summed E-state index contributed by atoms with van der Waals surface area (Å²) >= 11 is 0. The minimum Gasteiger partial charge on any atom is -0.430 e. The van der Waals surface area contributed by atoms with Crippen LogP contribution in [-0.2, 0) is 9.47 Å². The summed E-state index contributed by atoms with van der Waals surface area (Å²) in [6, 6.07) is 1.17. The molecule has 1 unspecified atom stereocenters. The van der Waals surface area contributed by atoms with Gasteiger partial charge in [0, 0.05) is 10.2 Å². The van der Waals surface area contributed by atoms with Gasteiger partial charge in [0.15, 0.2) is 0 Å². The summed E-state index contributed by atoms with van der Waals surface area (Å²) in [6.07, 6.45) is 0.517. The van der Waals surface area contributed by atoms with Crippen molar-refractivity contribution in [2.24, 2.45) is 0 Å². The molecule has 0 spiro atoms. The van der Waals surface area contributed by atoms with Crippen LogP contribution in [0.5, 0.6) is 0 Å². The molecule has 1 fully saturated rings. The summed E-state index contributed by atoms with van der Waals surface area (Å²) in [5.41, 5.74) is 0. The summed E-state index contributed by atoms with van der Waals surface area (Å²) in [4.78, 5) is 10.3. The number of carbonyl (C=O) groups is 1. The van der Waals surface area contributed by atoms with Gasteiger partial charge in [-0.3, -0.25) is 0 Å². The predicted octanol–water partition coefficient (Wildman–Crippen LogP) is -0.304. The Morgan fingerprint density at radius 3 is 3.00 bits per heavy atom. The number of rotatable bonds is 2. The zero-order chi connectivity index (χ0) is 6.69. The predicted molar refractivity (Wildman–Crippen MR) is 35.6 cm³/mol. The van der Waals surface area contributed by atoms with Crippen molar-refractivity contribution in [3.8, 4) is 0 Å². The van der Waals surface area contributed by atoms with Crippen molar-refractivity contribution in [1.82, 2.24) is 0 Å². The number of ether oxygens (including phenoxy) is 2. The van der Waals surface area contributed by atoms with Gasteiger partial charge in [-0.25, -0.2) is 4.79 Å². The largest absolute Gasteiger partial charge is 0.508 e. The third-order valence-electron chi connectivity index (χ3n) is 1.26. The lowest BCUT2D eigenvalue weighted by atomic mass is 10.3. The maximum absolute atomic E-state index is 10.3. The third-order valence-corrected chi connectivity index (χ3v) is 1.84. The lowest BCUT2D eigenvalue weighted by molar-refractivity contribution is 0.117. The molecular formula is C5H10O3Si. The van der Waals surface area contributed by atoms with E-state index in [1.54, 1.807) is 0 Å². The first-order chi connectivity index (χ1) is 4.33. The SMILES string of the molecule is O=C1OCC(CC[SiH3])O1. The molecule has 0 bridgehead atoms. The highest BCUT2D eigenvalue weighted by Crippen LogP contribution is 2.10. The number of hydrogen-bond acceptors (Lipinski definition) is 3. The van der Waals surface area contributed by atoms with Crippen molar-refractivity contribution < 1.29 is 14.3 Å². The fourth-order valence-electron chi connectivity index (χ4n) is 0.829. The minimum atomic E-state index is -0.505. The molecule has 0 aromatic heterocycles. The van der Waals surface area contributed by atoms with Gasteiger partial charge in [-0.2, -0.15) is 0 Å². The van der Waals surface area contributed by atoms with E-state index in [2.05, 4.69) is 4.74 Å². The van der Waals surface area contributed by atoms with Gasteiger partial charge in [0.05, 0.1) is 0 Å². The molecule has 0 saturated carbocycles. The van der Waals surface area contributed by atoms with E-state index in [9.17, 15) is 4.79 Å². The Morgan fingerprint density at radius 2 is 2.56 bits per heavy atom. The molecule has 4 heteroatoms. The molecule has 1 heterocycles. The van der Waals surface area contributed by atoms with Crippen molar-refractivity contribution in [3.05, 3.63) is 0 Å². The van der Waals surface area contributed by atoms with E-state index in [4.69, 9.17) is 4.74 Å². The van der Waals surface area contributed by atoms with E-state index in [0.717, 1.165) is 6.42 Å². The zero-order valence-electron chi connectivity index (χ0n) is 5.42. The molecule has 1 aliphatic heterocycles. The van der Waals surface area contributed by atoms with Crippen molar-refractivity contribution in [2.75, 3.05) is 6.61 Å². The topological polar surface area (TPSA) is 35.5 Å². The van der Waals surface area contributed by atoms with E-state index in [0.29, 0.717) is 6.61 Å². The van der Waals surface area contributed by atoms with Crippen molar-refractivity contribution in [2.45, 2.75) is 18.6 Å². The molecule has 3 nitrogen and oxygen atoms in total. The Balaban J connectivity index is 2.22.